The van der Waals surface area contributed by atoms with E-state index in [1.807, 2.05) is 0 Å². The van der Waals surface area contributed by atoms with Gasteiger partial charge >= 0.3 is 0 Å². The Labute approximate surface area is 154 Å². The van der Waals surface area contributed by atoms with Gasteiger partial charge in [-0.1, -0.05) is 30.3 Å². The number of fused-ring (bicyclic) bond motifs is 5. The van der Waals surface area contributed by atoms with Gasteiger partial charge in [-0.15, -0.1) is 11.3 Å². The van der Waals surface area contributed by atoms with E-state index in [4.69, 9.17) is 5.73 Å². The van der Waals surface area contributed by atoms with E-state index in [0.29, 0.717) is 10.9 Å². The van der Waals surface area contributed by atoms with E-state index < -0.39 is 10.9 Å². The molecule has 0 aliphatic rings. The van der Waals surface area contributed by atoms with Crippen molar-refractivity contribution in [2.45, 2.75) is 6.92 Å². The molecule has 1 aromatic heterocycles. The van der Waals surface area contributed by atoms with Gasteiger partial charge in [-0.25, -0.2) is 0 Å². The molecule has 0 unspecified atom stereocenters. The number of hydrogen-bond acceptors (Lipinski definition) is 6. The van der Waals surface area contributed by atoms with Crippen molar-refractivity contribution < 1.29 is 0 Å². The molecule has 0 radical (unpaired) electrons. The van der Waals surface area contributed by atoms with Crippen molar-refractivity contribution in [3.63, 3.8) is 0 Å². The first-order valence-electron chi connectivity index (χ1n) is 8.25. The zero-order chi connectivity index (χ0) is 19.0. The van der Waals surface area contributed by atoms with Crippen LogP contribution in [0.25, 0.3) is 41.7 Å². The Morgan fingerprint density at radius 1 is 0.667 bits per heavy atom. The first-order chi connectivity index (χ1) is 12.9. The van der Waals surface area contributed by atoms with E-state index in [0.717, 1.165) is 11.3 Å². The molecule has 6 heteroatoms. The van der Waals surface area contributed by atoms with Gasteiger partial charge in [-0.3, -0.25) is 19.2 Å². The molecule has 5 nitrogen and oxygen atoms in total. The fourth-order valence-corrected chi connectivity index (χ4v) is 5.05. The summed E-state index contributed by atoms with van der Waals surface area (Å²) in [6.07, 6.45) is 0. The number of anilines is 1. The second-order valence-corrected chi connectivity index (χ2v) is 7.61. The summed E-state index contributed by atoms with van der Waals surface area (Å²) in [5.41, 5.74) is 5.22. The van der Waals surface area contributed by atoms with Gasteiger partial charge in [0.05, 0.1) is 25.6 Å². The van der Waals surface area contributed by atoms with E-state index in [2.05, 4.69) is 0 Å². The lowest BCUT2D eigenvalue weighted by Gasteiger charge is -2.02. The predicted octanol–water partition coefficient (Wildman–Crippen LogP) is 2.57. The van der Waals surface area contributed by atoms with Crippen LogP contribution in [0.4, 0.5) is 5.69 Å². The minimum atomic E-state index is -0.479. The van der Waals surface area contributed by atoms with E-state index in [1.54, 1.807) is 37.3 Å². The summed E-state index contributed by atoms with van der Waals surface area (Å²) in [5.74, 6) is 0. The van der Waals surface area contributed by atoms with Gasteiger partial charge in [0.15, 0.2) is 10.9 Å². The number of thiophene rings is 1. The van der Waals surface area contributed by atoms with Crippen LogP contribution in [0, 0.1) is 6.92 Å². The van der Waals surface area contributed by atoms with Crippen LogP contribution in [-0.4, -0.2) is 0 Å². The van der Waals surface area contributed by atoms with E-state index in [9.17, 15) is 19.2 Å². The molecule has 4 aromatic carbocycles. The highest BCUT2D eigenvalue weighted by Crippen LogP contribution is 2.30. The summed E-state index contributed by atoms with van der Waals surface area (Å²) in [7, 11) is 0. The van der Waals surface area contributed by atoms with Gasteiger partial charge in [-0.2, -0.15) is 0 Å². The van der Waals surface area contributed by atoms with Gasteiger partial charge in [0.25, 0.3) is 0 Å². The van der Waals surface area contributed by atoms with Crippen molar-refractivity contribution in [2.24, 2.45) is 0 Å². The van der Waals surface area contributed by atoms with Crippen molar-refractivity contribution in [1.82, 2.24) is 0 Å². The summed E-state index contributed by atoms with van der Waals surface area (Å²) >= 11 is 0.922. The molecule has 0 fully saturated rings. The number of aryl methyl sites for hydroxylation is 1. The first kappa shape index (κ1) is 15.8. The third-order valence-corrected chi connectivity index (χ3v) is 6.27. The number of benzene rings is 4. The fourth-order valence-electron chi connectivity index (χ4n) is 3.85. The van der Waals surface area contributed by atoms with Gasteiger partial charge in [0.2, 0.25) is 10.9 Å². The minimum Gasteiger partial charge on any atom is -0.398 e. The summed E-state index contributed by atoms with van der Waals surface area (Å²) in [6.45, 7) is 1.76. The number of nitrogen functional groups attached to an aromatic ring is 1. The molecule has 0 aliphatic carbocycles. The normalized spacial score (nSPS) is 11.9. The Hall–Kier alpha value is -3.38. The predicted molar refractivity (Wildman–Crippen MR) is 111 cm³/mol. The standard InChI is InChI=1S/C21H11NO4S/c1-8-4-2-5-9-12(8)19(26)21-14(16(9)23)15-18(25)13-10(6-3-7-11(13)22)17(24)20(15)27-21/h2-7H,22H2,1H3. The van der Waals surface area contributed by atoms with Crippen LogP contribution in [0.5, 0.6) is 0 Å². The van der Waals surface area contributed by atoms with Gasteiger partial charge in [0, 0.05) is 21.8 Å². The number of hydrogen-bond donors (Lipinski definition) is 1. The van der Waals surface area contributed by atoms with Gasteiger partial charge in [-0.05, 0) is 18.6 Å². The quantitative estimate of drug-likeness (QED) is 0.421. The maximum absolute atomic E-state index is 13.1. The van der Waals surface area contributed by atoms with Crippen LogP contribution in [0.15, 0.2) is 55.6 Å². The molecule has 130 valence electrons. The van der Waals surface area contributed by atoms with E-state index >= 15 is 0 Å². The third-order valence-electron chi connectivity index (χ3n) is 5.09. The molecule has 0 saturated heterocycles. The molecular weight excluding hydrogens is 362 g/mol. The molecule has 0 spiro atoms. The average molecular weight is 373 g/mol. The van der Waals surface area contributed by atoms with Crippen molar-refractivity contribution >= 4 is 58.7 Å². The fraction of sp³-hybridized carbons (Fsp3) is 0.0476. The maximum atomic E-state index is 13.1. The van der Waals surface area contributed by atoms with Crippen molar-refractivity contribution in [3.05, 3.63) is 82.9 Å². The van der Waals surface area contributed by atoms with Crippen LogP contribution >= 0.6 is 11.3 Å². The van der Waals surface area contributed by atoms with Gasteiger partial charge in [0.1, 0.15) is 0 Å². The van der Waals surface area contributed by atoms with Gasteiger partial charge < -0.3 is 5.73 Å². The molecule has 0 aliphatic heterocycles. The lowest BCUT2D eigenvalue weighted by atomic mass is 9.99. The number of rotatable bonds is 0. The summed E-state index contributed by atoms with van der Waals surface area (Å²) < 4.78 is 0.287. The molecule has 0 amide bonds. The molecule has 27 heavy (non-hydrogen) atoms. The topological polar surface area (TPSA) is 94.3 Å². The maximum Gasteiger partial charge on any atom is 0.204 e. The molecule has 1 heterocycles. The van der Waals surface area contributed by atoms with Crippen molar-refractivity contribution in [2.75, 3.05) is 5.73 Å². The monoisotopic (exact) mass is 373 g/mol. The Bertz CT molecular complexity index is 1670. The second kappa shape index (κ2) is 5.08. The lowest BCUT2D eigenvalue weighted by molar-refractivity contribution is 1.52. The zero-order valence-electron chi connectivity index (χ0n) is 14.1. The average Bonchev–Trinajstić information content (AvgIpc) is 3.05. The van der Waals surface area contributed by atoms with Crippen molar-refractivity contribution in [3.8, 4) is 0 Å². The van der Waals surface area contributed by atoms with E-state index in [-0.39, 0.29) is 52.9 Å². The molecule has 5 rings (SSSR count). The molecule has 0 bridgehead atoms. The molecule has 5 aromatic rings. The van der Waals surface area contributed by atoms with E-state index in [1.165, 1.54) is 6.07 Å². The van der Waals surface area contributed by atoms with Crippen LogP contribution in [0.3, 0.4) is 0 Å². The molecule has 2 N–H and O–H groups in total. The zero-order valence-corrected chi connectivity index (χ0v) is 14.9. The molecular formula is C21H11NO4S. The Balaban J connectivity index is 2.25. The Morgan fingerprint density at radius 3 is 2.00 bits per heavy atom. The Morgan fingerprint density at radius 2 is 1.26 bits per heavy atom. The molecule has 0 atom stereocenters. The molecule has 0 saturated carbocycles. The summed E-state index contributed by atoms with van der Waals surface area (Å²) in [5, 5.41) is 0.956. The van der Waals surface area contributed by atoms with Crippen LogP contribution in [-0.2, 0) is 0 Å². The number of nitrogens with two attached hydrogens (primary N) is 1. The highest BCUT2D eigenvalue weighted by atomic mass is 32.1. The summed E-state index contributed by atoms with van der Waals surface area (Å²) in [6, 6.07) is 9.72. The van der Waals surface area contributed by atoms with Crippen LogP contribution in [0.2, 0.25) is 0 Å². The summed E-state index contributed by atoms with van der Waals surface area (Å²) in [4.78, 5) is 52.3. The van der Waals surface area contributed by atoms with Crippen LogP contribution < -0.4 is 27.4 Å². The first-order valence-corrected chi connectivity index (χ1v) is 9.07. The third kappa shape index (κ3) is 1.82. The highest BCUT2D eigenvalue weighted by Gasteiger charge is 2.22. The smallest absolute Gasteiger partial charge is 0.204 e. The Kier molecular flexibility index (Phi) is 2.98. The SMILES string of the molecule is Cc1cccc2c(=O)c3c(sc4c(=O)c5cccc(N)c5c(=O)c43)c(=O)c12. The second-order valence-electron chi connectivity index (χ2n) is 6.59. The highest BCUT2D eigenvalue weighted by molar-refractivity contribution is 7.25. The lowest BCUT2D eigenvalue weighted by Crippen LogP contribution is -2.16. The van der Waals surface area contributed by atoms with Crippen molar-refractivity contribution in [1.29, 1.82) is 0 Å². The van der Waals surface area contributed by atoms with Crippen LogP contribution in [0.1, 0.15) is 5.56 Å². The largest absolute Gasteiger partial charge is 0.398 e. The minimum absolute atomic E-state index is 0.0101.